The van der Waals surface area contributed by atoms with E-state index < -0.39 is 0 Å². The number of nitrogens with zero attached hydrogens (tertiary/aromatic N) is 4. The van der Waals surface area contributed by atoms with Crippen molar-refractivity contribution in [2.24, 2.45) is 23.7 Å². The Morgan fingerprint density at radius 2 is 1.45 bits per heavy atom. The molecule has 0 saturated heterocycles. The summed E-state index contributed by atoms with van der Waals surface area (Å²) in [6.07, 6.45) is 32.3. The Morgan fingerprint density at radius 1 is 0.673 bits per heavy atom. The summed E-state index contributed by atoms with van der Waals surface area (Å²) in [5.74, 6) is 4.70. The fraction of sp³-hybridized carbons (Fsp3) is 0.314. The fourth-order valence-electron chi connectivity index (χ4n) is 10.7. The number of aromatic nitrogens is 3. The first kappa shape index (κ1) is 34.0. The van der Waals surface area contributed by atoms with Crippen molar-refractivity contribution in [1.29, 1.82) is 5.26 Å². The summed E-state index contributed by atoms with van der Waals surface area (Å²) >= 11 is 0. The Morgan fingerprint density at radius 3 is 2.16 bits per heavy atom. The van der Waals surface area contributed by atoms with E-state index in [4.69, 9.17) is 9.97 Å². The fourth-order valence-corrected chi connectivity index (χ4v) is 10.7. The third kappa shape index (κ3) is 6.15. The lowest BCUT2D eigenvalue weighted by molar-refractivity contribution is 0.255. The van der Waals surface area contributed by atoms with E-state index in [0.717, 1.165) is 73.4 Å². The van der Waals surface area contributed by atoms with E-state index in [1.54, 1.807) is 11.1 Å². The molecule has 10 rings (SSSR count). The lowest BCUT2D eigenvalue weighted by Gasteiger charge is -2.42. The van der Waals surface area contributed by atoms with Crippen LogP contribution < -0.4 is 0 Å². The molecule has 0 amide bonds. The van der Waals surface area contributed by atoms with Crippen LogP contribution in [0.3, 0.4) is 0 Å². The van der Waals surface area contributed by atoms with Crippen LogP contribution in [0.1, 0.15) is 87.4 Å². The first-order chi connectivity index (χ1) is 27.2. The van der Waals surface area contributed by atoms with Crippen molar-refractivity contribution in [3.63, 3.8) is 0 Å². The van der Waals surface area contributed by atoms with Gasteiger partial charge in [0.1, 0.15) is 11.6 Å². The van der Waals surface area contributed by atoms with Crippen molar-refractivity contribution in [3.8, 4) is 23.1 Å². The van der Waals surface area contributed by atoms with Crippen molar-refractivity contribution >= 4 is 21.8 Å². The van der Waals surface area contributed by atoms with E-state index in [9.17, 15) is 5.26 Å². The SMILES string of the molecule is N#CC1=CCC(C2CCC(C3C=CC(c4nc(-c5ccccc5)c(C5C=CC=CC5)c(-n5c6ccccc6c6ccccc65)n4)CC3)C3=C2CCC=C3)CC1. The highest BCUT2D eigenvalue weighted by molar-refractivity contribution is 6.09. The molecule has 4 nitrogen and oxygen atoms in total. The largest absolute Gasteiger partial charge is 0.293 e. The van der Waals surface area contributed by atoms with Crippen molar-refractivity contribution in [2.75, 3.05) is 0 Å². The van der Waals surface area contributed by atoms with E-state index in [1.807, 2.05) is 0 Å². The zero-order chi connectivity index (χ0) is 36.7. The van der Waals surface area contributed by atoms with Gasteiger partial charge in [-0.15, -0.1) is 0 Å². The Kier molecular flexibility index (Phi) is 9.03. The van der Waals surface area contributed by atoms with Gasteiger partial charge in [-0.05, 0) is 106 Å². The molecule has 2 heterocycles. The first-order valence-corrected chi connectivity index (χ1v) is 20.7. The average Bonchev–Trinajstić information content (AvgIpc) is 3.60. The maximum Gasteiger partial charge on any atom is 0.145 e. The molecule has 6 unspecified atom stereocenters. The van der Waals surface area contributed by atoms with Gasteiger partial charge >= 0.3 is 0 Å². The predicted molar refractivity (Wildman–Crippen MR) is 225 cm³/mol. The van der Waals surface area contributed by atoms with Crippen LogP contribution in [0.15, 0.2) is 150 Å². The van der Waals surface area contributed by atoms with Crippen LogP contribution in [0.5, 0.6) is 0 Å². The predicted octanol–water partition coefficient (Wildman–Crippen LogP) is 12.8. The Bertz CT molecular complexity index is 2450. The topological polar surface area (TPSA) is 54.5 Å². The van der Waals surface area contributed by atoms with Crippen molar-refractivity contribution in [2.45, 2.75) is 76.0 Å². The number of nitriles is 1. The van der Waals surface area contributed by atoms with E-state index in [2.05, 4.69) is 144 Å². The Balaban J connectivity index is 1.06. The lowest BCUT2D eigenvalue weighted by atomic mass is 9.63. The molecule has 5 aliphatic rings. The molecule has 2 aromatic heterocycles. The van der Waals surface area contributed by atoms with E-state index in [0.29, 0.717) is 23.7 Å². The highest BCUT2D eigenvalue weighted by Crippen LogP contribution is 2.50. The minimum absolute atomic E-state index is 0.149. The molecule has 3 aromatic carbocycles. The second kappa shape index (κ2) is 14.6. The van der Waals surface area contributed by atoms with E-state index in [1.165, 1.54) is 46.6 Å². The summed E-state index contributed by atoms with van der Waals surface area (Å²) in [6, 6.07) is 30.8. The maximum absolute atomic E-state index is 9.45. The van der Waals surface area contributed by atoms with Gasteiger partial charge in [-0.25, -0.2) is 9.97 Å². The molecule has 6 atom stereocenters. The molecular formula is C51H48N4. The normalized spacial score (nSPS) is 26.3. The van der Waals surface area contributed by atoms with Gasteiger partial charge in [0.15, 0.2) is 0 Å². The molecule has 5 aliphatic carbocycles. The van der Waals surface area contributed by atoms with Crippen LogP contribution >= 0.6 is 0 Å². The summed E-state index contributed by atoms with van der Waals surface area (Å²) in [5.41, 5.74) is 10.1. The monoisotopic (exact) mass is 716 g/mol. The number of rotatable bonds is 6. The minimum atomic E-state index is 0.149. The second-order valence-electron chi connectivity index (χ2n) is 16.4. The van der Waals surface area contributed by atoms with Crippen LogP contribution in [-0.2, 0) is 0 Å². The summed E-state index contributed by atoms with van der Waals surface area (Å²) in [7, 11) is 0. The number of para-hydroxylation sites is 2. The minimum Gasteiger partial charge on any atom is -0.293 e. The molecule has 0 aliphatic heterocycles. The number of allylic oxidation sites excluding steroid dienone is 12. The van der Waals surface area contributed by atoms with Crippen molar-refractivity contribution in [1.82, 2.24) is 14.5 Å². The molecule has 0 spiro atoms. The van der Waals surface area contributed by atoms with Gasteiger partial charge < -0.3 is 0 Å². The van der Waals surface area contributed by atoms with Gasteiger partial charge in [0, 0.05) is 39.3 Å². The van der Waals surface area contributed by atoms with Gasteiger partial charge in [-0.3, -0.25) is 4.57 Å². The van der Waals surface area contributed by atoms with Crippen molar-refractivity contribution in [3.05, 3.63) is 162 Å². The highest BCUT2D eigenvalue weighted by Gasteiger charge is 2.38. The molecule has 0 bridgehead atoms. The third-order valence-electron chi connectivity index (χ3n) is 13.4. The number of fused-ring (bicyclic) bond motifs is 3. The molecule has 55 heavy (non-hydrogen) atoms. The molecule has 0 N–H and O–H groups in total. The first-order valence-electron chi connectivity index (χ1n) is 20.7. The number of benzene rings is 3. The van der Waals surface area contributed by atoms with Gasteiger partial charge in [0.2, 0.25) is 0 Å². The standard InChI is InChI=1S/C51H48N4/c52-33-34-23-25-35(26-24-34)40-31-32-41(43-18-8-7-17-42(40)43)36-27-29-39(30-28-36)50-53-49(38-15-5-2-6-16-38)48(37-13-3-1-4-14-37)51(54-50)55-46-21-11-9-19-44(46)45-20-10-12-22-47(45)55/h1-6,8-13,15-16,18-23,27,29,35-37,39-41H,7,14,17,24-26,28,30-32H2. The van der Waals surface area contributed by atoms with Gasteiger partial charge in [-0.1, -0.05) is 127 Å². The van der Waals surface area contributed by atoms with Gasteiger partial charge in [0.25, 0.3) is 0 Å². The molecule has 0 fully saturated rings. The molecule has 5 aromatic rings. The zero-order valence-electron chi connectivity index (χ0n) is 31.5. The van der Waals surface area contributed by atoms with Crippen LogP contribution in [0, 0.1) is 35.0 Å². The molecule has 4 heteroatoms. The Hall–Kier alpha value is -5.53. The van der Waals surface area contributed by atoms with Crippen LogP contribution in [0.4, 0.5) is 0 Å². The van der Waals surface area contributed by atoms with Gasteiger partial charge in [0.05, 0.1) is 22.8 Å². The summed E-state index contributed by atoms with van der Waals surface area (Å²) < 4.78 is 2.42. The smallest absolute Gasteiger partial charge is 0.145 e. The Labute approximate surface area is 325 Å². The number of hydrogen-bond donors (Lipinski definition) is 0. The summed E-state index contributed by atoms with van der Waals surface area (Å²) in [5, 5.41) is 11.9. The van der Waals surface area contributed by atoms with Crippen LogP contribution in [0.2, 0.25) is 0 Å². The summed E-state index contributed by atoms with van der Waals surface area (Å²) in [6.45, 7) is 0. The third-order valence-corrected chi connectivity index (χ3v) is 13.4. The number of hydrogen-bond acceptors (Lipinski definition) is 3. The molecule has 272 valence electrons. The molecular weight excluding hydrogens is 669 g/mol. The zero-order valence-corrected chi connectivity index (χ0v) is 31.5. The molecule has 0 saturated carbocycles. The quantitative estimate of drug-likeness (QED) is 0.164. The summed E-state index contributed by atoms with van der Waals surface area (Å²) in [4.78, 5) is 11.2. The molecule has 0 radical (unpaired) electrons. The maximum atomic E-state index is 9.45. The second-order valence-corrected chi connectivity index (χ2v) is 16.4. The van der Waals surface area contributed by atoms with E-state index in [-0.39, 0.29) is 11.8 Å². The van der Waals surface area contributed by atoms with E-state index >= 15 is 0 Å². The average molecular weight is 717 g/mol. The van der Waals surface area contributed by atoms with Crippen LogP contribution in [0.25, 0.3) is 38.9 Å². The van der Waals surface area contributed by atoms with Crippen LogP contribution in [-0.4, -0.2) is 14.5 Å². The van der Waals surface area contributed by atoms with Crippen molar-refractivity contribution < 1.29 is 0 Å². The lowest BCUT2D eigenvalue weighted by Crippen LogP contribution is -2.30. The van der Waals surface area contributed by atoms with Gasteiger partial charge in [-0.2, -0.15) is 5.26 Å². The highest BCUT2D eigenvalue weighted by atomic mass is 15.1.